The lowest BCUT2D eigenvalue weighted by molar-refractivity contribution is 0.0625. The maximum Gasteiger partial charge on any atom is 0.172 e. The van der Waals surface area contributed by atoms with Crippen LogP contribution in [0.1, 0.15) is 40.0 Å². The van der Waals surface area contributed by atoms with Crippen molar-refractivity contribution in [1.29, 1.82) is 0 Å². The molecule has 0 amide bonds. The van der Waals surface area contributed by atoms with E-state index in [0.717, 1.165) is 11.5 Å². The van der Waals surface area contributed by atoms with E-state index in [0.29, 0.717) is 12.2 Å². The average molecular weight is 357 g/mol. The standard InChI is InChI=1S/C17H36O2Si3/c1-9-22(8)16(13-10-11-14-15(12-13)18-14)17(2,3)19-20(4,5)21(22,6)7/h13-16H,9-12H2,1-8H3. The van der Waals surface area contributed by atoms with Gasteiger partial charge in [0, 0.05) is 0 Å². The fourth-order valence-corrected chi connectivity index (χ4v) is 42.7. The third-order valence-electron chi connectivity index (χ3n) is 8.14. The van der Waals surface area contributed by atoms with Crippen LogP contribution >= 0.6 is 0 Å². The lowest BCUT2D eigenvalue weighted by Gasteiger charge is -2.65. The van der Waals surface area contributed by atoms with Crippen LogP contribution in [0.3, 0.4) is 0 Å². The number of fused-ring (bicyclic) bond motifs is 1. The molecule has 1 aliphatic carbocycles. The quantitative estimate of drug-likeness (QED) is 0.518. The molecule has 3 fully saturated rings. The largest absolute Gasteiger partial charge is 0.415 e. The van der Waals surface area contributed by atoms with Gasteiger partial charge in [-0.2, -0.15) is 0 Å². The summed E-state index contributed by atoms with van der Waals surface area (Å²) in [7, 11) is -4.17. The highest BCUT2D eigenvalue weighted by molar-refractivity contribution is 7.68. The Hall–Kier alpha value is 0.571. The van der Waals surface area contributed by atoms with E-state index in [9.17, 15) is 0 Å². The molecule has 0 bridgehead atoms. The maximum atomic E-state index is 6.98. The van der Waals surface area contributed by atoms with Gasteiger partial charge in [0.25, 0.3) is 0 Å². The van der Waals surface area contributed by atoms with Crippen LogP contribution in [0, 0.1) is 5.92 Å². The van der Waals surface area contributed by atoms with E-state index in [1.807, 2.05) is 0 Å². The molecule has 5 unspecified atom stereocenters. The number of ether oxygens (including phenoxy) is 1. The molecule has 0 aromatic heterocycles. The minimum atomic E-state index is -1.55. The summed E-state index contributed by atoms with van der Waals surface area (Å²) in [5.41, 5.74) is 0.916. The second-order valence-electron chi connectivity index (χ2n) is 9.88. The van der Waals surface area contributed by atoms with Crippen LogP contribution in [-0.4, -0.2) is 40.3 Å². The molecule has 2 aliphatic heterocycles. The minimum absolute atomic E-state index is 0.0849. The van der Waals surface area contributed by atoms with Gasteiger partial charge in [-0.05, 0) is 57.7 Å². The molecule has 3 aliphatic rings. The van der Waals surface area contributed by atoms with Crippen molar-refractivity contribution < 1.29 is 9.16 Å². The van der Waals surface area contributed by atoms with Crippen molar-refractivity contribution in [3.05, 3.63) is 0 Å². The number of hydrogen-bond acceptors (Lipinski definition) is 2. The van der Waals surface area contributed by atoms with Crippen molar-refractivity contribution in [3.8, 4) is 0 Å². The van der Waals surface area contributed by atoms with E-state index in [1.54, 1.807) is 0 Å². The summed E-state index contributed by atoms with van der Waals surface area (Å²) >= 11 is 0. The van der Waals surface area contributed by atoms with Crippen LogP contribution in [0.15, 0.2) is 0 Å². The molecule has 2 saturated heterocycles. The summed E-state index contributed by atoms with van der Waals surface area (Å²) in [6, 6.07) is 1.45. The molecular formula is C17H36O2Si3. The Bertz CT molecular complexity index is 463. The highest BCUT2D eigenvalue weighted by atomic mass is 29.6. The molecule has 0 aromatic rings. The van der Waals surface area contributed by atoms with Gasteiger partial charge in [0.1, 0.15) is 0 Å². The first-order valence-corrected chi connectivity index (χ1v) is 20.0. The third-order valence-corrected chi connectivity index (χ3v) is 49.5. The Kier molecular flexibility index (Phi) is 3.98. The first-order chi connectivity index (χ1) is 9.96. The van der Waals surface area contributed by atoms with Gasteiger partial charge in [0.15, 0.2) is 7.83 Å². The van der Waals surface area contributed by atoms with Crippen molar-refractivity contribution in [2.75, 3.05) is 0 Å². The number of hydrogen-bond donors (Lipinski definition) is 0. The van der Waals surface area contributed by atoms with Gasteiger partial charge in [-0.3, -0.25) is 0 Å². The van der Waals surface area contributed by atoms with Gasteiger partial charge >= 0.3 is 0 Å². The zero-order valence-electron chi connectivity index (χ0n) is 16.0. The van der Waals surface area contributed by atoms with Gasteiger partial charge in [-0.25, -0.2) is 0 Å². The van der Waals surface area contributed by atoms with Crippen molar-refractivity contribution in [1.82, 2.24) is 0 Å². The number of rotatable bonds is 2. The third kappa shape index (κ3) is 2.30. The topological polar surface area (TPSA) is 21.8 Å². The smallest absolute Gasteiger partial charge is 0.172 e. The van der Waals surface area contributed by atoms with E-state index >= 15 is 0 Å². The first-order valence-electron chi connectivity index (χ1n) is 9.32. The van der Waals surface area contributed by atoms with Crippen LogP contribution in [0.25, 0.3) is 0 Å². The van der Waals surface area contributed by atoms with E-state index in [-0.39, 0.29) is 5.60 Å². The van der Waals surface area contributed by atoms with Gasteiger partial charge in [-0.1, -0.05) is 32.6 Å². The lowest BCUT2D eigenvalue weighted by atomic mass is 9.81. The van der Waals surface area contributed by atoms with E-state index in [4.69, 9.17) is 9.16 Å². The summed E-state index contributed by atoms with van der Waals surface area (Å²) in [5.74, 6) is 0.854. The van der Waals surface area contributed by atoms with Gasteiger partial charge in [-0.15, -0.1) is 0 Å². The second-order valence-corrected chi connectivity index (χ2v) is 36.6. The Labute approximate surface area is 140 Å². The Morgan fingerprint density at radius 1 is 1.00 bits per heavy atom. The van der Waals surface area contributed by atoms with Crippen molar-refractivity contribution in [2.45, 2.75) is 102 Å². The molecule has 5 heteroatoms. The predicted octanol–water partition coefficient (Wildman–Crippen LogP) is 4.90. The van der Waals surface area contributed by atoms with Crippen LogP contribution in [0.5, 0.6) is 0 Å². The van der Waals surface area contributed by atoms with Gasteiger partial charge in [0.2, 0.25) is 0 Å². The van der Waals surface area contributed by atoms with E-state index < -0.39 is 22.5 Å². The van der Waals surface area contributed by atoms with Crippen molar-refractivity contribution in [3.63, 3.8) is 0 Å². The molecule has 0 spiro atoms. The van der Waals surface area contributed by atoms with Gasteiger partial charge < -0.3 is 9.16 Å². The molecular weight excluding hydrogens is 320 g/mol. The fourth-order valence-electron chi connectivity index (χ4n) is 6.18. The zero-order chi connectivity index (χ0) is 16.6. The molecule has 1 saturated carbocycles. The zero-order valence-corrected chi connectivity index (χ0v) is 19.0. The molecule has 5 atom stereocenters. The fraction of sp³-hybridized carbons (Fsp3) is 1.00. The summed E-state index contributed by atoms with van der Waals surface area (Å²) in [4.78, 5) is 0. The second kappa shape index (κ2) is 5.04. The van der Waals surface area contributed by atoms with Crippen LogP contribution < -0.4 is 0 Å². The van der Waals surface area contributed by atoms with Crippen LogP contribution in [-0.2, 0) is 9.16 Å². The summed E-state index contributed by atoms with van der Waals surface area (Å²) in [6.07, 6.45) is 5.22. The number of epoxide rings is 1. The molecule has 0 N–H and O–H groups in total. The van der Waals surface area contributed by atoms with Crippen molar-refractivity contribution >= 4 is 22.5 Å². The van der Waals surface area contributed by atoms with Gasteiger partial charge in [0.05, 0.1) is 32.5 Å². The summed E-state index contributed by atoms with van der Waals surface area (Å²) < 4.78 is 12.8. The van der Waals surface area contributed by atoms with Crippen LogP contribution in [0.4, 0.5) is 0 Å². The molecule has 22 heavy (non-hydrogen) atoms. The average Bonchev–Trinajstić information content (AvgIpc) is 3.13. The Balaban J connectivity index is 2.01. The summed E-state index contributed by atoms with van der Waals surface area (Å²) in [6.45, 7) is 20.6. The Morgan fingerprint density at radius 2 is 1.64 bits per heavy atom. The summed E-state index contributed by atoms with van der Waals surface area (Å²) in [5, 5.41) is 0. The minimum Gasteiger partial charge on any atom is -0.415 e. The maximum absolute atomic E-state index is 6.98. The van der Waals surface area contributed by atoms with E-state index in [2.05, 4.69) is 53.5 Å². The molecule has 3 rings (SSSR count). The molecule has 2 heterocycles. The lowest BCUT2D eigenvalue weighted by Crippen LogP contribution is -2.81. The SMILES string of the molecule is CC[Si]1(C)C(C2CCC3OC3C2)C(C)(C)O[Si](C)(C)[Si]1(C)C. The highest BCUT2D eigenvalue weighted by Gasteiger charge is 2.68. The van der Waals surface area contributed by atoms with E-state index in [1.165, 1.54) is 25.3 Å². The van der Waals surface area contributed by atoms with Crippen molar-refractivity contribution in [2.24, 2.45) is 5.92 Å². The monoisotopic (exact) mass is 356 g/mol. The molecule has 0 aromatic carbocycles. The normalized spacial score (nSPS) is 48.5. The molecule has 128 valence electrons. The predicted molar refractivity (Wildman–Crippen MR) is 102 cm³/mol. The Morgan fingerprint density at radius 3 is 2.18 bits per heavy atom. The van der Waals surface area contributed by atoms with Crippen LogP contribution in [0.2, 0.25) is 44.3 Å². The first kappa shape index (κ1) is 17.4. The highest BCUT2D eigenvalue weighted by Crippen LogP contribution is 2.58. The molecule has 2 nitrogen and oxygen atoms in total. The molecule has 0 radical (unpaired) electrons.